The van der Waals surface area contributed by atoms with Crippen molar-refractivity contribution >= 4 is 17.9 Å². The Hall–Kier alpha value is -2.97. The Morgan fingerprint density at radius 1 is 0.545 bits per heavy atom. The molecule has 0 amide bonds. The van der Waals surface area contributed by atoms with Gasteiger partial charge in [-0.3, -0.25) is 9.65 Å². The fourth-order valence-electron chi connectivity index (χ4n) is 4.18. The van der Waals surface area contributed by atoms with Crippen LogP contribution in [0.15, 0.2) is 121 Å². The molecule has 168 valence electrons. The Labute approximate surface area is 197 Å². The SMILES string of the molecule is CC(C)N[C@H](c1ccccc1)[C@H](NP(=O)(c1ccccc1)c1ccccc1)c1ccccc1. The summed E-state index contributed by atoms with van der Waals surface area (Å²) < 4.78 is 14.9. The zero-order valence-corrected chi connectivity index (χ0v) is 20.0. The molecule has 4 aromatic carbocycles. The first-order valence-corrected chi connectivity index (χ1v) is 13.1. The molecule has 0 aliphatic heterocycles. The van der Waals surface area contributed by atoms with Crippen LogP contribution in [0.4, 0.5) is 0 Å². The predicted octanol–water partition coefficient (Wildman–Crippen LogP) is 5.99. The van der Waals surface area contributed by atoms with Crippen LogP contribution in [0.1, 0.15) is 37.1 Å². The summed E-state index contributed by atoms with van der Waals surface area (Å²) in [7, 11) is -3.15. The zero-order chi connectivity index (χ0) is 23.1. The predicted molar refractivity (Wildman–Crippen MR) is 140 cm³/mol. The largest absolute Gasteiger partial charge is 0.306 e. The van der Waals surface area contributed by atoms with E-state index in [-0.39, 0.29) is 18.1 Å². The summed E-state index contributed by atoms with van der Waals surface area (Å²) in [6.07, 6.45) is 0. The Morgan fingerprint density at radius 2 is 0.909 bits per heavy atom. The van der Waals surface area contributed by atoms with Gasteiger partial charge < -0.3 is 5.32 Å². The molecule has 0 aliphatic carbocycles. The van der Waals surface area contributed by atoms with Gasteiger partial charge in [0.15, 0.2) is 0 Å². The van der Waals surface area contributed by atoms with Gasteiger partial charge in [0.2, 0.25) is 7.29 Å². The molecule has 0 aromatic heterocycles. The number of hydrogen-bond donors (Lipinski definition) is 2. The highest BCUT2D eigenvalue weighted by Gasteiger charge is 2.35. The average Bonchev–Trinajstić information content (AvgIpc) is 2.88. The van der Waals surface area contributed by atoms with Crippen LogP contribution in [-0.4, -0.2) is 6.04 Å². The van der Waals surface area contributed by atoms with Crippen molar-refractivity contribution in [2.45, 2.75) is 32.0 Å². The van der Waals surface area contributed by atoms with Crippen molar-refractivity contribution in [2.75, 3.05) is 0 Å². The van der Waals surface area contributed by atoms with Crippen LogP contribution >= 0.6 is 7.29 Å². The normalized spacial score (nSPS) is 13.5. The van der Waals surface area contributed by atoms with E-state index in [0.717, 1.165) is 21.7 Å². The summed E-state index contributed by atoms with van der Waals surface area (Å²) in [6, 6.07) is 40.2. The Bertz CT molecular complexity index is 1120. The lowest BCUT2D eigenvalue weighted by molar-refractivity contribution is 0.394. The van der Waals surface area contributed by atoms with E-state index in [1.54, 1.807) is 0 Å². The molecule has 0 unspecified atom stereocenters. The van der Waals surface area contributed by atoms with Gasteiger partial charge in [0.05, 0.1) is 12.1 Å². The summed E-state index contributed by atoms with van der Waals surface area (Å²) in [4.78, 5) is 0. The van der Waals surface area contributed by atoms with Crippen LogP contribution < -0.4 is 21.0 Å². The lowest BCUT2D eigenvalue weighted by atomic mass is 9.93. The molecule has 0 fully saturated rings. The molecular formula is C29H31N2OP. The van der Waals surface area contributed by atoms with E-state index in [1.807, 2.05) is 84.9 Å². The second-order valence-corrected chi connectivity index (χ2v) is 11.0. The monoisotopic (exact) mass is 454 g/mol. The molecule has 0 aliphatic rings. The molecule has 0 spiro atoms. The minimum atomic E-state index is -3.15. The van der Waals surface area contributed by atoms with Crippen molar-refractivity contribution in [3.05, 3.63) is 132 Å². The maximum atomic E-state index is 14.9. The van der Waals surface area contributed by atoms with Crippen molar-refractivity contribution in [3.63, 3.8) is 0 Å². The van der Waals surface area contributed by atoms with E-state index in [2.05, 4.69) is 60.6 Å². The lowest BCUT2D eigenvalue weighted by Gasteiger charge is -2.35. The van der Waals surface area contributed by atoms with E-state index in [0.29, 0.717) is 0 Å². The third-order valence-electron chi connectivity index (χ3n) is 5.72. The molecule has 4 rings (SSSR count). The molecule has 33 heavy (non-hydrogen) atoms. The van der Waals surface area contributed by atoms with Crippen molar-refractivity contribution < 1.29 is 4.57 Å². The molecule has 3 nitrogen and oxygen atoms in total. The van der Waals surface area contributed by atoms with Crippen LogP contribution in [0, 0.1) is 0 Å². The summed E-state index contributed by atoms with van der Waals surface area (Å²) in [5.41, 5.74) is 2.24. The van der Waals surface area contributed by atoms with Gasteiger partial charge in [-0.15, -0.1) is 0 Å². The molecular weight excluding hydrogens is 423 g/mol. The van der Waals surface area contributed by atoms with E-state index in [1.165, 1.54) is 0 Å². The quantitative estimate of drug-likeness (QED) is 0.306. The average molecular weight is 455 g/mol. The van der Waals surface area contributed by atoms with Gasteiger partial charge in [0.25, 0.3) is 0 Å². The fourth-order valence-corrected chi connectivity index (χ4v) is 6.65. The first-order chi connectivity index (χ1) is 16.1. The highest BCUT2D eigenvalue weighted by Crippen LogP contribution is 2.44. The zero-order valence-electron chi connectivity index (χ0n) is 19.1. The highest BCUT2D eigenvalue weighted by molar-refractivity contribution is 7.76. The van der Waals surface area contributed by atoms with Crippen molar-refractivity contribution in [3.8, 4) is 0 Å². The van der Waals surface area contributed by atoms with E-state index in [4.69, 9.17) is 0 Å². The van der Waals surface area contributed by atoms with Gasteiger partial charge in [-0.2, -0.15) is 0 Å². The minimum absolute atomic E-state index is 0.0747. The first-order valence-electron chi connectivity index (χ1n) is 11.4. The minimum Gasteiger partial charge on any atom is -0.306 e. The summed E-state index contributed by atoms with van der Waals surface area (Å²) in [6.45, 7) is 4.29. The lowest BCUT2D eigenvalue weighted by Crippen LogP contribution is -2.40. The highest BCUT2D eigenvalue weighted by atomic mass is 31.2. The Kier molecular flexibility index (Phi) is 7.57. The van der Waals surface area contributed by atoms with Gasteiger partial charge >= 0.3 is 0 Å². The number of hydrogen-bond acceptors (Lipinski definition) is 2. The van der Waals surface area contributed by atoms with Crippen LogP contribution in [0.25, 0.3) is 0 Å². The molecule has 4 heteroatoms. The number of benzene rings is 4. The summed E-state index contributed by atoms with van der Waals surface area (Å²) >= 11 is 0. The molecule has 2 N–H and O–H groups in total. The smallest absolute Gasteiger partial charge is 0.205 e. The Morgan fingerprint density at radius 3 is 1.30 bits per heavy atom. The van der Waals surface area contributed by atoms with Crippen molar-refractivity contribution in [2.24, 2.45) is 0 Å². The number of nitrogens with one attached hydrogen (secondary N) is 2. The van der Waals surface area contributed by atoms with Gasteiger partial charge in [-0.25, -0.2) is 0 Å². The standard InChI is InChI=1S/C29H31N2OP/c1-23(2)30-28(24-15-7-3-8-16-24)29(25-17-9-4-10-18-25)31-33(32,26-19-11-5-12-20-26)27-21-13-6-14-22-27/h3-23,28-30H,1-2H3,(H,31,32)/t28-,29-/m1/s1. The van der Waals surface area contributed by atoms with Gasteiger partial charge in [-0.05, 0) is 35.4 Å². The van der Waals surface area contributed by atoms with Crippen LogP contribution in [0.5, 0.6) is 0 Å². The second kappa shape index (κ2) is 10.8. The molecule has 0 radical (unpaired) electrons. The molecule has 4 aromatic rings. The van der Waals surface area contributed by atoms with E-state index in [9.17, 15) is 4.57 Å². The summed E-state index contributed by atoms with van der Waals surface area (Å²) in [5.74, 6) is 0. The summed E-state index contributed by atoms with van der Waals surface area (Å²) in [5, 5.41) is 9.01. The maximum Gasteiger partial charge on any atom is 0.205 e. The van der Waals surface area contributed by atoms with Crippen molar-refractivity contribution in [1.82, 2.24) is 10.4 Å². The van der Waals surface area contributed by atoms with Crippen LogP contribution in [0.2, 0.25) is 0 Å². The van der Waals surface area contributed by atoms with Crippen LogP contribution in [0.3, 0.4) is 0 Å². The van der Waals surface area contributed by atoms with Crippen molar-refractivity contribution in [1.29, 1.82) is 0 Å². The first kappa shape index (κ1) is 23.2. The molecule has 0 saturated heterocycles. The molecule has 0 heterocycles. The van der Waals surface area contributed by atoms with Gasteiger partial charge in [-0.1, -0.05) is 111 Å². The third-order valence-corrected chi connectivity index (χ3v) is 8.42. The maximum absolute atomic E-state index is 14.9. The number of rotatable bonds is 9. The molecule has 2 atom stereocenters. The molecule has 0 bridgehead atoms. The third kappa shape index (κ3) is 5.51. The van der Waals surface area contributed by atoms with E-state index < -0.39 is 7.29 Å². The van der Waals surface area contributed by atoms with Crippen LogP contribution in [-0.2, 0) is 4.57 Å². The topological polar surface area (TPSA) is 41.1 Å². The fraction of sp³-hybridized carbons (Fsp3) is 0.172. The van der Waals surface area contributed by atoms with E-state index >= 15 is 0 Å². The van der Waals surface area contributed by atoms with Gasteiger partial charge in [0.1, 0.15) is 0 Å². The second-order valence-electron chi connectivity index (χ2n) is 8.51. The van der Waals surface area contributed by atoms with Gasteiger partial charge in [0, 0.05) is 16.7 Å². The Balaban J connectivity index is 1.87. The molecule has 0 saturated carbocycles.